The lowest BCUT2D eigenvalue weighted by atomic mass is 9.84. The number of nitrogens with zero attached hydrogens (tertiary/aromatic N) is 2. The van der Waals surface area contributed by atoms with E-state index in [9.17, 15) is 4.79 Å². The number of carbonyl (C=O) groups is 1. The molecular weight excluding hydrogens is 252 g/mol. The second-order valence-electron chi connectivity index (χ2n) is 5.74. The van der Waals surface area contributed by atoms with Gasteiger partial charge < -0.3 is 9.67 Å². The van der Waals surface area contributed by atoms with Gasteiger partial charge in [0, 0.05) is 6.04 Å². The molecule has 1 aliphatic rings. The summed E-state index contributed by atoms with van der Waals surface area (Å²) in [5, 5.41) is 9.12. The molecule has 0 unspecified atom stereocenters. The summed E-state index contributed by atoms with van der Waals surface area (Å²) in [6.45, 7) is 2.26. The maximum atomic E-state index is 11.1. The Kier molecular flexibility index (Phi) is 3.47. The number of carboxylic acids is 1. The van der Waals surface area contributed by atoms with Crippen LogP contribution in [0.1, 0.15) is 55.4 Å². The predicted molar refractivity (Wildman–Crippen MR) is 78.0 cm³/mol. The van der Waals surface area contributed by atoms with Gasteiger partial charge in [-0.2, -0.15) is 0 Å². The van der Waals surface area contributed by atoms with Crippen molar-refractivity contribution in [1.29, 1.82) is 0 Å². The molecule has 2 aromatic rings. The van der Waals surface area contributed by atoms with Crippen molar-refractivity contribution in [1.82, 2.24) is 9.55 Å². The molecule has 0 saturated heterocycles. The van der Waals surface area contributed by atoms with Crippen molar-refractivity contribution in [2.24, 2.45) is 5.92 Å². The van der Waals surface area contributed by atoms with Crippen molar-refractivity contribution in [3.63, 3.8) is 0 Å². The molecule has 0 aliphatic heterocycles. The van der Waals surface area contributed by atoms with Gasteiger partial charge in [-0.3, -0.25) is 0 Å². The Morgan fingerprint density at radius 3 is 2.75 bits per heavy atom. The summed E-state index contributed by atoms with van der Waals surface area (Å²) in [6.07, 6.45) is 8.00. The van der Waals surface area contributed by atoms with Crippen molar-refractivity contribution in [3.8, 4) is 0 Å². The maximum Gasteiger partial charge on any atom is 0.335 e. The molecule has 4 heteroatoms. The first-order valence-electron chi connectivity index (χ1n) is 7.39. The molecule has 1 N–H and O–H groups in total. The SMILES string of the molecule is CCC1CCC(n2cnc3ccc(C(=O)O)cc32)CC1. The molecule has 1 saturated carbocycles. The standard InChI is InChI=1S/C16H20N2O2/c1-2-11-3-6-13(7-4-11)18-10-17-14-8-5-12(16(19)20)9-15(14)18/h5,8-11,13H,2-4,6-7H2,1H3,(H,19,20). The Morgan fingerprint density at radius 1 is 1.35 bits per heavy atom. The highest BCUT2D eigenvalue weighted by atomic mass is 16.4. The molecule has 0 spiro atoms. The minimum absolute atomic E-state index is 0.335. The predicted octanol–water partition coefficient (Wildman–Crippen LogP) is 3.88. The largest absolute Gasteiger partial charge is 0.478 e. The molecule has 1 fully saturated rings. The Bertz CT molecular complexity index is 624. The normalized spacial score (nSPS) is 23.1. The van der Waals surface area contributed by atoms with E-state index in [-0.39, 0.29) is 0 Å². The van der Waals surface area contributed by atoms with E-state index in [2.05, 4.69) is 16.5 Å². The van der Waals surface area contributed by atoms with Gasteiger partial charge >= 0.3 is 5.97 Å². The zero-order valence-electron chi connectivity index (χ0n) is 11.7. The number of carboxylic acid groups (broad SMARTS) is 1. The summed E-state index contributed by atoms with van der Waals surface area (Å²) in [5.41, 5.74) is 2.17. The van der Waals surface area contributed by atoms with Gasteiger partial charge in [-0.05, 0) is 49.8 Å². The Morgan fingerprint density at radius 2 is 2.10 bits per heavy atom. The van der Waals surface area contributed by atoms with Crippen LogP contribution >= 0.6 is 0 Å². The highest BCUT2D eigenvalue weighted by Crippen LogP contribution is 2.35. The molecule has 0 radical (unpaired) electrons. The molecule has 1 heterocycles. The first kappa shape index (κ1) is 13.2. The highest BCUT2D eigenvalue weighted by molar-refractivity contribution is 5.92. The number of hydrogen-bond donors (Lipinski definition) is 1. The fraction of sp³-hybridized carbons (Fsp3) is 0.500. The molecule has 1 aliphatic carbocycles. The van der Waals surface area contributed by atoms with E-state index in [1.165, 1.54) is 32.1 Å². The van der Waals surface area contributed by atoms with Crippen LogP contribution in [0.4, 0.5) is 0 Å². The topological polar surface area (TPSA) is 55.1 Å². The average molecular weight is 272 g/mol. The highest BCUT2D eigenvalue weighted by Gasteiger charge is 2.22. The number of aromatic nitrogens is 2. The fourth-order valence-corrected chi connectivity index (χ4v) is 3.28. The van der Waals surface area contributed by atoms with E-state index in [0.717, 1.165) is 17.0 Å². The lowest BCUT2D eigenvalue weighted by molar-refractivity contribution is 0.0697. The maximum absolute atomic E-state index is 11.1. The summed E-state index contributed by atoms with van der Waals surface area (Å²) in [6, 6.07) is 5.63. The van der Waals surface area contributed by atoms with Crippen LogP contribution in [0.15, 0.2) is 24.5 Å². The smallest absolute Gasteiger partial charge is 0.335 e. The first-order valence-corrected chi connectivity index (χ1v) is 7.39. The van der Waals surface area contributed by atoms with Crippen LogP contribution in [-0.2, 0) is 0 Å². The number of fused-ring (bicyclic) bond motifs is 1. The van der Waals surface area contributed by atoms with Crippen LogP contribution in [0.3, 0.4) is 0 Å². The van der Waals surface area contributed by atoms with E-state index in [4.69, 9.17) is 5.11 Å². The third kappa shape index (κ3) is 2.30. The van der Waals surface area contributed by atoms with Gasteiger partial charge in [0.15, 0.2) is 0 Å². The van der Waals surface area contributed by atoms with Crippen molar-refractivity contribution >= 4 is 17.0 Å². The molecule has 0 atom stereocenters. The number of aromatic carboxylic acids is 1. The van der Waals surface area contributed by atoms with Crippen LogP contribution < -0.4 is 0 Å². The van der Waals surface area contributed by atoms with Crippen molar-refractivity contribution in [2.75, 3.05) is 0 Å². The summed E-state index contributed by atoms with van der Waals surface area (Å²) in [5.74, 6) is -0.0232. The van der Waals surface area contributed by atoms with Crippen LogP contribution in [0.25, 0.3) is 11.0 Å². The quantitative estimate of drug-likeness (QED) is 0.922. The zero-order chi connectivity index (χ0) is 14.1. The van der Waals surface area contributed by atoms with E-state index < -0.39 is 5.97 Å². The lowest BCUT2D eigenvalue weighted by Gasteiger charge is -2.29. The zero-order valence-corrected chi connectivity index (χ0v) is 11.7. The minimum atomic E-state index is -0.880. The Labute approximate surface area is 118 Å². The number of benzene rings is 1. The summed E-state index contributed by atoms with van der Waals surface area (Å²) < 4.78 is 2.17. The molecule has 0 bridgehead atoms. The molecule has 106 valence electrons. The Balaban J connectivity index is 1.91. The van der Waals surface area contributed by atoms with Crippen molar-refractivity contribution in [3.05, 3.63) is 30.1 Å². The van der Waals surface area contributed by atoms with E-state index >= 15 is 0 Å². The van der Waals surface area contributed by atoms with Crippen molar-refractivity contribution < 1.29 is 9.90 Å². The third-order valence-corrected chi connectivity index (χ3v) is 4.61. The number of rotatable bonds is 3. The number of imidazole rings is 1. The van der Waals surface area contributed by atoms with E-state index in [0.29, 0.717) is 11.6 Å². The summed E-state index contributed by atoms with van der Waals surface area (Å²) >= 11 is 0. The van der Waals surface area contributed by atoms with Gasteiger partial charge in [-0.1, -0.05) is 13.3 Å². The molecule has 20 heavy (non-hydrogen) atoms. The molecule has 4 nitrogen and oxygen atoms in total. The van der Waals surface area contributed by atoms with Gasteiger partial charge in [0.05, 0.1) is 22.9 Å². The Hall–Kier alpha value is -1.84. The average Bonchev–Trinajstić information content (AvgIpc) is 2.90. The van der Waals surface area contributed by atoms with Gasteiger partial charge in [-0.15, -0.1) is 0 Å². The van der Waals surface area contributed by atoms with Gasteiger partial charge in [0.2, 0.25) is 0 Å². The molecule has 3 rings (SSSR count). The lowest BCUT2D eigenvalue weighted by Crippen LogP contribution is -2.17. The fourth-order valence-electron chi connectivity index (χ4n) is 3.28. The van der Waals surface area contributed by atoms with E-state index in [1.807, 2.05) is 6.33 Å². The first-order chi connectivity index (χ1) is 9.69. The minimum Gasteiger partial charge on any atom is -0.478 e. The summed E-state index contributed by atoms with van der Waals surface area (Å²) in [7, 11) is 0. The third-order valence-electron chi connectivity index (χ3n) is 4.61. The molecule has 0 amide bonds. The summed E-state index contributed by atoms with van der Waals surface area (Å²) in [4.78, 5) is 15.5. The van der Waals surface area contributed by atoms with E-state index in [1.54, 1.807) is 18.2 Å². The van der Waals surface area contributed by atoms with Crippen LogP contribution in [0, 0.1) is 5.92 Å². The monoisotopic (exact) mass is 272 g/mol. The second-order valence-corrected chi connectivity index (χ2v) is 5.74. The van der Waals surface area contributed by atoms with Gasteiger partial charge in [0.25, 0.3) is 0 Å². The molecule has 1 aromatic carbocycles. The molecular formula is C16H20N2O2. The van der Waals surface area contributed by atoms with Crippen LogP contribution in [0.5, 0.6) is 0 Å². The second kappa shape index (κ2) is 5.27. The van der Waals surface area contributed by atoms with Gasteiger partial charge in [0.1, 0.15) is 0 Å². The van der Waals surface area contributed by atoms with Crippen molar-refractivity contribution in [2.45, 2.75) is 45.1 Å². The molecule has 1 aromatic heterocycles. The van der Waals surface area contributed by atoms with Crippen LogP contribution in [-0.4, -0.2) is 20.6 Å². The number of hydrogen-bond acceptors (Lipinski definition) is 2. The van der Waals surface area contributed by atoms with Gasteiger partial charge in [-0.25, -0.2) is 9.78 Å². The van der Waals surface area contributed by atoms with Crippen LogP contribution in [0.2, 0.25) is 0 Å².